The van der Waals surface area contributed by atoms with E-state index in [9.17, 15) is 14.0 Å². The summed E-state index contributed by atoms with van der Waals surface area (Å²) in [5.41, 5.74) is 5.78. The van der Waals surface area contributed by atoms with Crippen molar-refractivity contribution in [2.24, 2.45) is 0 Å². The Kier molecular flexibility index (Phi) is 6.39. The molecule has 156 valence electrons. The zero-order valence-electron chi connectivity index (χ0n) is 16.0. The summed E-state index contributed by atoms with van der Waals surface area (Å²) in [6.45, 7) is 0. The van der Waals surface area contributed by atoms with Crippen LogP contribution in [0.4, 0.5) is 4.39 Å². The highest BCUT2D eigenvalue weighted by Crippen LogP contribution is 2.30. The molecular formula is C21H16FN5O2S2. The van der Waals surface area contributed by atoms with E-state index < -0.39 is 17.6 Å². The van der Waals surface area contributed by atoms with Gasteiger partial charge in [-0.1, -0.05) is 36.0 Å². The molecule has 0 radical (unpaired) electrons. The highest BCUT2D eigenvalue weighted by molar-refractivity contribution is 7.99. The summed E-state index contributed by atoms with van der Waals surface area (Å²) in [6.07, 6.45) is 0. The standard InChI is InChI=1S/C21H16FN5O2S2/c22-15-10-8-14(9-11-15)20(29)25-23-18(28)13-31-21-26-24-19(17-7-4-12-30-17)27(21)16-5-2-1-3-6-16/h1-12H,13H2,(H,23,28)(H,25,29). The predicted octanol–water partition coefficient (Wildman–Crippen LogP) is 3.69. The van der Waals surface area contributed by atoms with Crippen LogP contribution in [0.5, 0.6) is 0 Å². The molecule has 0 saturated carbocycles. The van der Waals surface area contributed by atoms with E-state index in [2.05, 4.69) is 21.0 Å². The maximum atomic E-state index is 13.0. The first-order valence-corrected chi connectivity index (χ1v) is 11.0. The van der Waals surface area contributed by atoms with Crippen molar-refractivity contribution in [2.75, 3.05) is 5.75 Å². The van der Waals surface area contributed by atoms with Gasteiger partial charge in [-0.3, -0.25) is 25.0 Å². The van der Waals surface area contributed by atoms with Crippen molar-refractivity contribution in [1.29, 1.82) is 0 Å². The van der Waals surface area contributed by atoms with E-state index in [0.29, 0.717) is 11.0 Å². The summed E-state index contributed by atoms with van der Waals surface area (Å²) in [5, 5.41) is 11.1. The van der Waals surface area contributed by atoms with E-state index in [0.717, 1.165) is 10.6 Å². The van der Waals surface area contributed by atoms with Crippen molar-refractivity contribution in [3.63, 3.8) is 0 Å². The molecule has 2 aromatic carbocycles. The maximum absolute atomic E-state index is 13.0. The van der Waals surface area contributed by atoms with Crippen LogP contribution in [0.25, 0.3) is 16.4 Å². The maximum Gasteiger partial charge on any atom is 0.269 e. The number of nitrogens with zero attached hydrogens (tertiary/aromatic N) is 3. The number of aromatic nitrogens is 3. The number of amides is 2. The van der Waals surface area contributed by atoms with Crippen LogP contribution in [-0.4, -0.2) is 32.3 Å². The minimum atomic E-state index is -0.536. The number of hydrazine groups is 1. The lowest BCUT2D eigenvalue weighted by Crippen LogP contribution is -2.42. The third-order valence-electron chi connectivity index (χ3n) is 4.14. The fourth-order valence-electron chi connectivity index (χ4n) is 2.70. The fraction of sp³-hybridized carbons (Fsp3) is 0.0476. The molecule has 4 rings (SSSR count). The van der Waals surface area contributed by atoms with Crippen molar-refractivity contribution in [3.8, 4) is 16.4 Å². The third kappa shape index (κ3) is 4.98. The van der Waals surface area contributed by atoms with Gasteiger partial charge in [0.05, 0.1) is 10.6 Å². The molecule has 0 saturated heterocycles. The van der Waals surface area contributed by atoms with E-state index in [4.69, 9.17) is 0 Å². The fourth-order valence-corrected chi connectivity index (χ4v) is 4.16. The Morgan fingerprint density at radius 1 is 0.968 bits per heavy atom. The Morgan fingerprint density at radius 3 is 2.45 bits per heavy atom. The number of thiophene rings is 1. The van der Waals surface area contributed by atoms with Crippen LogP contribution in [0.1, 0.15) is 10.4 Å². The van der Waals surface area contributed by atoms with Crippen LogP contribution >= 0.6 is 23.1 Å². The zero-order valence-corrected chi connectivity index (χ0v) is 17.6. The van der Waals surface area contributed by atoms with Crippen molar-refractivity contribution in [3.05, 3.63) is 83.5 Å². The van der Waals surface area contributed by atoms with Gasteiger partial charge in [0.25, 0.3) is 5.91 Å². The molecule has 7 nitrogen and oxygen atoms in total. The molecule has 0 aliphatic rings. The molecule has 0 aliphatic heterocycles. The number of hydrogen-bond donors (Lipinski definition) is 2. The van der Waals surface area contributed by atoms with Crippen LogP contribution in [0, 0.1) is 5.82 Å². The van der Waals surface area contributed by atoms with Gasteiger partial charge in [0, 0.05) is 11.3 Å². The number of nitrogens with one attached hydrogen (secondary N) is 2. The molecule has 10 heteroatoms. The normalized spacial score (nSPS) is 10.6. The number of benzene rings is 2. The van der Waals surface area contributed by atoms with Crippen LogP contribution < -0.4 is 10.9 Å². The average Bonchev–Trinajstić information content (AvgIpc) is 3.47. The second-order valence-corrected chi connectivity index (χ2v) is 8.14. The molecule has 0 fully saturated rings. The molecule has 2 N–H and O–H groups in total. The number of para-hydroxylation sites is 1. The molecule has 0 unspecified atom stereocenters. The van der Waals surface area contributed by atoms with Gasteiger partial charge >= 0.3 is 0 Å². The zero-order chi connectivity index (χ0) is 21.6. The Labute approximate surface area is 185 Å². The van der Waals surface area contributed by atoms with E-state index in [1.807, 2.05) is 52.4 Å². The van der Waals surface area contributed by atoms with Gasteiger partial charge in [-0.25, -0.2) is 4.39 Å². The predicted molar refractivity (Wildman–Crippen MR) is 117 cm³/mol. The van der Waals surface area contributed by atoms with Crippen molar-refractivity contribution >= 4 is 34.9 Å². The van der Waals surface area contributed by atoms with Crippen LogP contribution in [0.2, 0.25) is 0 Å². The number of thioether (sulfide) groups is 1. The summed E-state index contributed by atoms with van der Waals surface area (Å²) in [6, 6.07) is 18.5. The molecule has 2 aromatic heterocycles. The number of carbonyl (C=O) groups is 2. The van der Waals surface area contributed by atoms with Gasteiger partial charge in [0.15, 0.2) is 11.0 Å². The van der Waals surface area contributed by atoms with E-state index >= 15 is 0 Å². The van der Waals surface area contributed by atoms with Gasteiger partial charge in [0.1, 0.15) is 5.82 Å². The Balaban J connectivity index is 1.43. The average molecular weight is 454 g/mol. The molecule has 2 heterocycles. The minimum absolute atomic E-state index is 0.0130. The lowest BCUT2D eigenvalue weighted by molar-refractivity contribution is -0.119. The Hall–Kier alpha value is -3.50. The Bertz CT molecular complexity index is 1180. The lowest BCUT2D eigenvalue weighted by atomic mass is 10.2. The molecule has 0 spiro atoms. The summed E-state index contributed by atoms with van der Waals surface area (Å²) in [4.78, 5) is 25.2. The van der Waals surface area contributed by atoms with Crippen LogP contribution in [0.15, 0.2) is 77.3 Å². The quantitative estimate of drug-likeness (QED) is 0.343. The van der Waals surface area contributed by atoms with Crippen LogP contribution in [0.3, 0.4) is 0 Å². The number of halogens is 1. The molecule has 2 amide bonds. The first-order valence-electron chi connectivity index (χ1n) is 9.14. The van der Waals surface area contributed by atoms with Gasteiger partial charge in [-0.05, 0) is 47.8 Å². The number of rotatable bonds is 6. The van der Waals surface area contributed by atoms with Gasteiger partial charge in [0.2, 0.25) is 5.91 Å². The van der Waals surface area contributed by atoms with Gasteiger partial charge in [-0.15, -0.1) is 21.5 Å². The summed E-state index contributed by atoms with van der Waals surface area (Å²) >= 11 is 2.75. The minimum Gasteiger partial charge on any atom is -0.272 e. The Morgan fingerprint density at radius 2 is 1.74 bits per heavy atom. The first kappa shape index (κ1) is 20.8. The summed E-state index contributed by atoms with van der Waals surface area (Å²) in [5.74, 6) is -0.694. The van der Waals surface area contributed by atoms with E-state index in [-0.39, 0.29) is 11.3 Å². The van der Waals surface area contributed by atoms with E-state index in [1.54, 1.807) is 11.3 Å². The third-order valence-corrected chi connectivity index (χ3v) is 5.94. The highest BCUT2D eigenvalue weighted by Gasteiger charge is 2.18. The van der Waals surface area contributed by atoms with Crippen molar-refractivity contribution in [2.45, 2.75) is 5.16 Å². The molecule has 0 bridgehead atoms. The molecule has 0 atom stereocenters. The molecule has 4 aromatic rings. The SMILES string of the molecule is O=C(CSc1nnc(-c2cccs2)n1-c1ccccc1)NNC(=O)c1ccc(F)cc1. The molecular weight excluding hydrogens is 437 g/mol. The van der Waals surface area contributed by atoms with E-state index in [1.165, 1.54) is 36.0 Å². The summed E-state index contributed by atoms with van der Waals surface area (Å²) in [7, 11) is 0. The summed E-state index contributed by atoms with van der Waals surface area (Å²) < 4.78 is 14.8. The smallest absolute Gasteiger partial charge is 0.269 e. The topological polar surface area (TPSA) is 88.9 Å². The molecule has 31 heavy (non-hydrogen) atoms. The highest BCUT2D eigenvalue weighted by atomic mass is 32.2. The van der Waals surface area contributed by atoms with Crippen molar-refractivity contribution in [1.82, 2.24) is 25.6 Å². The van der Waals surface area contributed by atoms with Crippen molar-refractivity contribution < 1.29 is 14.0 Å². The first-order chi connectivity index (χ1) is 15.1. The number of hydrogen-bond acceptors (Lipinski definition) is 6. The van der Waals surface area contributed by atoms with Crippen LogP contribution in [-0.2, 0) is 4.79 Å². The largest absolute Gasteiger partial charge is 0.272 e. The monoisotopic (exact) mass is 453 g/mol. The lowest BCUT2D eigenvalue weighted by Gasteiger charge is -2.10. The van der Waals surface area contributed by atoms with Gasteiger partial charge < -0.3 is 0 Å². The molecule has 0 aliphatic carbocycles. The second kappa shape index (κ2) is 9.54. The number of carbonyl (C=O) groups excluding carboxylic acids is 2. The second-order valence-electron chi connectivity index (χ2n) is 6.25. The van der Waals surface area contributed by atoms with Gasteiger partial charge in [-0.2, -0.15) is 0 Å².